The summed E-state index contributed by atoms with van der Waals surface area (Å²) in [6.45, 7) is 21.2. The molecule has 1 nitrogen and oxygen atoms in total. The van der Waals surface area contributed by atoms with E-state index in [1.807, 2.05) is 13.8 Å². The molecule has 1 heteroatoms. The van der Waals surface area contributed by atoms with Crippen molar-refractivity contribution in [2.75, 3.05) is 0 Å². The van der Waals surface area contributed by atoms with Gasteiger partial charge in [-0.25, -0.2) is 0 Å². The van der Waals surface area contributed by atoms with Gasteiger partial charge in [0.2, 0.25) is 0 Å². The SMILES string of the molecule is CC(C)=CCC/C(C)=C/CC/C(C)=C/CC/C(C)=C/C=C/C=C(C)/C=C/C=C(C)/C=C/C=C(\C)CCCC(C)(C)O. The van der Waals surface area contributed by atoms with Crippen molar-refractivity contribution in [3.8, 4) is 0 Å². The van der Waals surface area contributed by atoms with Crippen LogP contribution in [0.2, 0.25) is 0 Å². The lowest BCUT2D eigenvalue weighted by Gasteiger charge is -2.16. The predicted octanol–water partition coefficient (Wildman–Crippen LogP) is 12.6. The first-order valence-corrected chi connectivity index (χ1v) is 15.6. The van der Waals surface area contributed by atoms with Crippen LogP contribution in [-0.2, 0) is 0 Å². The molecule has 0 rings (SSSR count). The van der Waals surface area contributed by atoms with Crippen molar-refractivity contribution < 1.29 is 5.11 Å². The quantitative estimate of drug-likeness (QED) is 0.123. The minimum Gasteiger partial charge on any atom is -0.390 e. The standard InChI is InChI=1S/C40H62O/c1-33(2)19-13-22-36(5)25-16-28-37(6)26-14-23-34(3)20-11-12-21-35(4)24-15-27-38(7)29-17-30-39(8)31-18-32-40(9,10)41/h11-12,15,17,19-21,24-27,29-30,41H,13-14,16,18,22-23,28,31-32H2,1-10H3/b12-11+,24-15+,29-17+,34-20+,35-21+,36-25+,37-26+,38-27+,39-30+. The van der Waals surface area contributed by atoms with E-state index in [9.17, 15) is 5.11 Å². The van der Waals surface area contributed by atoms with E-state index >= 15 is 0 Å². The van der Waals surface area contributed by atoms with Gasteiger partial charge in [-0.3, -0.25) is 0 Å². The molecule has 0 aliphatic carbocycles. The Morgan fingerprint density at radius 3 is 1.46 bits per heavy atom. The Bertz CT molecular complexity index is 1040. The molecule has 0 fully saturated rings. The zero-order valence-corrected chi connectivity index (χ0v) is 28.3. The molecule has 41 heavy (non-hydrogen) atoms. The highest BCUT2D eigenvalue weighted by molar-refractivity contribution is 5.30. The van der Waals surface area contributed by atoms with Crippen LogP contribution in [0.25, 0.3) is 0 Å². The average Bonchev–Trinajstić information content (AvgIpc) is 2.85. The number of rotatable bonds is 19. The molecule has 0 unspecified atom stereocenters. The minimum atomic E-state index is -0.570. The second kappa shape index (κ2) is 23.0. The molecule has 0 spiro atoms. The number of allylic oxidation sites excluding steroid dienone is 20. The zero-order chi connectivity index (χ0) is 31.1. The van der Waals surface area contributed by atoms with Crippen molar-refractivity contribution in [3.63, 3.8) is 0 Å². The smallest absolute Gasteiger partial charge is 0.0591 e. The molecule has 0 aromatic carbocycles. The van der Waals surface area contributed by atoms with Crippen molar-refractivity contribution in [3.05, 3.63) is 118 Å². The van der Waals surface area contributed by atoms with Crippen LogP contribution in [0.3, 0.4) is 0 Å². The zero-order valence-electron chi connectivity index (χ0n) is 28.3. The minimum absolute atomic E-state index is 0.570. The summed E-state index contributed by atoms with van der Waals surface area (Å²) < 4.78 is 0. The Morgan fingerprint density at radius 1 is 0.512 bits per heavy atom. The molecule has 0 aliphatic rings. The molecule has 0 aromatic heterocycles. The molecule has 0 aromatic rings. The first-order chi connectivity index (χ1) is 19.3. The third-order valence-corrected chi connectivity index (χ3v) is 6.82. The number of aliphatic hydroxyl groups is 1. The lowest BCUT2D eigenvalue weighted by atomic mass is 9.99. The van der Waals surface area contributed by atoms with Crippen LogP contribution in [-0.4, -0.2) is 10.7 Å². The molecule has 0 heterocycles. The third kappa shape index (κ3) is 27.3. The Labute approximate surface area is 255 Å². The summed E-state index contributed by atoms with van der Waals surface area (Å²) in [6.07, 6.45) is 38.3. The van der Waals surface area contributed by atoms with Gasteiger partial charge in [-0.1, -0.05) is 118 Å². The van der Waals surface area contributed by atoms with Gasteiger partial charge in [0.25, 0.3) is 0 Å². The fourth-order valence-electron chi connectivity index (χ4n) is 4.11. The van der Waals surface area contributed by atoms with Gasteiger partial charge in [0, 0.05) is 0 Å². The summed E-state index contributed by atoms with van der Waals surface area (Å²) in [6, 6.07) is 0. The van der Waals surface area contributed by atoms with E-state index in [2.05, 4.69) is 134 Å². The molecule has 0 radical (unpaired) electrons. The van der Waals surface area contributed by atoms with E-state index in [1.54, 1.807) is 0 Å². The van der Waals surface area contributed by atoms with E-state index < -0.39 is 5.60 Å². The highest BCUT2D eigenvalue weighted by Crippen LogP contribution is 2.16. The first kappa shape index (κ1) is 38.4. The Morgan fingerprint density at radius 2 is 0.927 bits per heavy atom. The van der Waals surface area contributed by atoms with Crippen LogP contribution in [0.1, 0.15) is 127 Å². The van der Waals surface area contributed by atoms with Gasteiger partial charge in [0.05, 0.1) is 5.60 Å². The van der Waals surface area contributed by atoms with Crippen LogP contribution < -0.4 is 0 Å². The molecule has 0 bridgehead atoms. The maximum absolute atomic E-state index is 9.82. The number of hydrogen-bond acceptors (Lipinski definition) is 1. The fraction of sp³-hybridized carbons (Fsp3) is 0.500. The molecule has 0 amide bonds. The summed E-state index contributed by atoms with van der Waals surface area (Å²) in [5, 5.41) is 9.82. The molecule has 228 valence electrons. The Kier molecular flexibility index (Phi) is 21.5. The highest BCUT2D eigenvalue weighted by atomic mass is 16.3. The van der Waals surface area contributed by atoms with Crippen LogP contribution in [0, 0.1) is 0 Å². The predicted molar refractivity (Wildman–Crippen MR) is 187 cm³/mol. The van der Waals surface area contributed by atoms with Gasteiger partial charge in [0.1, 0.15) is 0 Å². The van der Waals surface area contributed by atoms with E-state index in [4.69, 9.17) is 0 Å². The van der Waals surface area contributed by atoms with Crippen LogP contribution in [0.15, 0.2) is 118 Å². The molecule has 0 atom stereocenters. The van der Waals surface area contributed by atoms with Crippen molar-refractivity contribution in [2.24, 2.45) is 0 Å². The van der Waals surface area contributed by atoms with Crippen molar-refractivity contribution >= 4 is 0 Å². The van der Waals surface area contributed by atoms with Gasteiger partial charge in [-0.15, -0.1) is 0 Å². The van der Waals surface area contributed by atoms with Gasteiger partial charge in [-0.2, -0.15) is 0 Å². The first-order valence-electron chi connectivity index (χ1n) is 15.6. The summed E-state index contributed by atoms with van der Waals surface area (Å²) in [5.41, 5.74) is 9.04. The Hall–Kier alpha value is -2.64. The van der Waals surface area contributed by atoms with Gasteiger partial charge >= 0.3 is 0 Å². The third-order valence-electron chi connectivity index (χ3n) is 6.82. The maximum Gasteiger partial charge on any atom is 0.0591 e. The van der Waals surface area contributed by atoms with E-state index in [1.165, 1.54) is 45.4 Å². The van der Waals surface area contributed by atoms with E-state index in [0.29, 0.717) is 0 Å². The van der Waals surface area contributed by atoms with Crippen molar-refractivity contribution in [2.45, 2.75) is 133 Å². The molecule has 1 N–H and O–H groups in total. The highest BCUT2D eigenvalue weighted by Gasteiger charge is 2.10. The second-order valence-corrected chi connectivity index (χ2v) is 12.6. The monoisotopic (exact) mass is 558 g/mol. The summed E-state index contributed by atoms with van der Waals surface area (Å²) in [7, 11) is 0. The lowest BCUT2D eigenvalue weighted by Crippen LogP contribution is -2.17. The average molecular weight is 559 g/mol. The summed E-state index contributed by atoms with van der Waals surface area (Å²) >= 11 is 0. The van der Waals surface area contributed by atoms with Crippen molar-refractivity contribution in [1.29, 1.82) is 0 Å². The van der Waals surface area contributed by atoms with Gasteiger partial charge in [0.15, 0.2) is 0 Å². The molecular weight excluding hydrogens is 496 g/mol. The maximum atomic E-state index is 9.82. The van der Waals surface area contributed by atoms with Gasteiger partial charge in [-0.05, 0) is 127 Å². The second-order valence-electron chi connectivity index (χ2n) is 12.6. The molecule has 0 saturated carbocycles. The summed E-state index contributed by atoms with van der Waals surface area (Å²) in [4.78, 5) is 0. The normalized spacial score (nSPS) is 15.2. The van der Waals surface area contributed by atoms with Crippen LogP contribution >= 0.6 is 0 Å². The topological polar surface area (TPSA) is 20.2 Å². The van der Waals surface area contributed by atoms with E-state index in [0.717, 1.165) is 51.4 Å². The lowest BCUT2D eigenvalue weighted by molar-refractivity contribution is 0.0689. The van der Waals surface area contributed by atoms with Crippen LogP contribution in [0.4, 0.5) is 0 Å². The van der Waals surface area contributed by atoms with Gasteiger partial charge < -0.3 is 5.11 Å². The molecule has 0 aliphatic heterocycles. The molecular formula is C40H62O. The van der Waals surface area contributed by atoms with Crippen molar-refractivity contribution in [1.82, 2.24) is 0 Å². The number of hydrogen-bond donors (Lipinski definition) is 1. The largest absolute Gasteiger partial charge is 0.390 e. The molecule has 0 saturated heterocycles. The van der Waals surface area contributed by atoms with E-state index in [-0.39, 0.29) is 0 Å². The summed E-state index contributed by atoms with van der Waals surface area (Å²) in [5.74, 6) is 0. The Balaban J connectivity index is 4.47. The van der Waals surface area contributed by atoms with Crippen LogP contribution in [0.5, 0.6) is 0 Å². The fourth-order valence-corrected chi connectivity index (χ4v) is 4.11.